The Morgan fingerprint density at radius 3 is 2.35 bits per heavy atom. The van der Waals surface area contributed by atoms with E-state index in [1.807, 2.05) is 25.1 Å². The highest BCUT2D eigenvalue weighted by Crippen LogP contribution is 2.38. The van der Waals surface area contributed by atoms with Crippen LogP contribution in [0.2, 0.25) is 15.1 Å². The summed E-state index contributed by atoms with van der Waals surface area (Å²) in [5.74, 6) is 0.943. The summed E-state index contributed by atoms with van der Waals surface area (Å²) in [6.45, 7) is 1.90. The molecule has 1 atom stereocenters. The van der Waals surface area contributed by atoms with Gasteiger partial charge in [-0.25, -0.2) is 0 Å². The maximum Gasteiger partial charge on any atom is 0.147 e. The lowest BCUT2D eigenvalue weighted by Gasteiger charge is -2.15. The fourth-order valence-electron chi connectivity index (χ4n) is 1.77. The Labute approximate surface area is 132 Å². The summed E-state index contributed by atoms with van der Waals surface area (Å²) in [4.78, 5) is 0. The number of ether oxygens (including phenoxy) is 1. The van der Waals surface area contributed by atoms with Crippen LogP contribution in [0.15, 0.2) is 36.4 Å². The first-order valence-electron chi connectivity index (χ1n) is 6.12. The Hall–Kier alpha value is -0.930. The summed E-state index contributed by atoms with van der Waals surface area (Å²) in [6.07, 6.45) is 0.00269. The van der Waals surface area contributed by atoms with E-state index in [1.165, 1.54) is 6.07 Å². The highest BCUT2D eigenvalue weighted by atomic mass is 35.5. The number of halogens is 3. The van der Waals surface area contributed by atoms with Crippen molar-refractivity contribution in [3.63, 3.8) is 0 Å². The van der Waals surface area contributed by atoms with Gasteiger partial charge in [-0.1, -0.05) is 59.9 Å². The SMILES string of the molecule is CC[C@@H](O)c1ccccc1Oc1cc(Cl)c(Cl)cc1Cl. The minimum atomic E-state index is -0.590. The summed E-state index contributed by atoms with van der Waals surface area (Å²) in [5, 5.41) is 11.1. The largest absolute Gasteiger partial charge is 0.455 e. The zero-order valence-electron chi connectivity index (χ0n) is 10.7. The fourth-order valence-corrected chi connectivity index (χ4v) is 2.35. The van der Waals surface area contributed by atoms with E-state index in [9.17, 15) is 5.11 Å². The van der Waals surface area contributed by atoms with Gasteiger partial charge in [0.05, 0.1) is 21.2 Å². The van der Waals surface area contributed by atoms with Crippen molar-refractivity contribution < 1.29 is 9.84 Å². The van der Waals surface area contributed by atoms with Gasteiger partial charge in [0.25, 0.3) is 0 Å². The van der Waals surface area contributed by atoms with E-state index in [-0.39, 0.29) is 0 Å². The number of aliphatic hydroxyl groups is 1. The second-order valence-electron chi connectivity index (χ2n) is 4.26. The van der Waals surface area contributed by atoms with Crippen molar-refractivity contribution >= 4 is 34.8 Å². The Morgan fingerprint density at radius 2 is 1.65 bits per heavy atom. The van der Waals surface area contributed by atoms with Gasteiger partial charge >= 0.3 is 0 Å². The Balaban J connectivity index is 2.38. The van der Waals surface area contributed by atoms with Crippen LogP contribution < -0.4 is 4.74 Å². The zero-order valence-corrected chi connectivity index (χ0v) is 13.0. The highest BCUT2D eigenvalue weighted by Gasteiger charge is 2.14. The lowest BCUT2D eigenvalue weighted by atomic mass is 10.1. The molecule has 0 heterocycles. The van der Waals surface area contributed by atoms with Crippen molar-refractivity contribution in [2.45, 2.75) is 19.4 Å². The first-order chi connectivity index (χ1) is 9.52. The normalized spacial score (nSPS) is 12.2. The van der Waals surface area contributed by atoms with E-state index in [0.717, 1.165) is 0 Å². The summed E-state index contributed by atoms with van der Waals surface area (Å²) in [7, 11) is 0. The molecule has 1 N–H and O–H groups in total. The molecule has 0 saturated heterocycles. The second-order valence-corrected chi connectivity index (χ2v) is 5.48. The maximum absolute atomic E-state index is 10.00. The summed E-state index contributed by atoms with van der Waals surface area (Å²) in [5.41, 5.74) is 0.706. The van der Waals surface area contributed by atoms with Gasteiger partial charge in [0.1, 0.15) is 11.5 Å². The van der Waals surface area contributed by atoms with Crippen LogP contribution in [0.1, 0.15) is 25.0 Å². The molecule has 0 amide bonds. The third kappa shape index (κ3) is 3.39. The van der Waals surface area contributed by atoms with Gasteiger partial charge in [-0.05, 0) is 18.6 Å². The number of hydrogen-bond donors (Lipinski definition) is 1. The van der Waals surface area contributed by atoms with Gasteiger partial charge in [0.2, 0.25) is 0 Å². The van der Waals surface area contributed by atoms with Crippen molar-refractivity contribution in [2.75, 3.05) is 0 Å². The van der Waals surface area contributed by atoms with Crippen molar-refractivity contribution in [3.05, 3.63) is 57.0 Å². The highest BCUT2D eigenvalue weighted by molar-refractivity contribution is 6.43. The molecule has 0 fully saturated rings. The van der Waals surface area contributed by atoms with Crippen molar-refractivity contribution in [1.29, 1.82) is 0 Å². The molecule has 2 aromatic carbocycles. The van der Waals surface area contributed by atoms with Gasteiger partial charge in [-0.2, -0.15) is 0 Å². The van der Waals surface area contributed by atoms with Crippen LogP contribution in [-0.2, 0) is 0 Å². The zero-order chi connectivity index (χ0) is 14.7. The lowest BCUT2D eigenvalue weighted by Crippen LogP contribution is -1.98. The van der Waals surface area contributed by atoms with Crippen molar-refractivity contribution in [1.82, 2.24) is 0 Å². The molecule has 2 rings (SSSR count). The molecular weight excluding hydrogens is 319 g/mol. The van der Waals surface area contributed by atoms with Crippen molar-refractivity contribution in [3.8, 4) is 11.5 Å². The van der Waals surface area contributed by atoms with Crippen LogP contribution in [0, 0.1) is 0 Å². The molecule has 20 heavy (non-hydrogen) atoms. The molecule has 2 nitrogen and oxygen atoms in total. The number of para-hydroxylation sites is 1. The third-order valence-corrected chi connectivity index (χ3v) is 3.88. The molecular formula is C15H13Cl3O2. The summed E-state index contributed by atoms with van der Waals surface area (Å²) in [6, 6.07) is 10.3. The summed E-state index contributed by atoms with van der Waals surface area (Å²) >= 11 is 17.9. The van der Waals surface area contributed by atoms with Gasteiger partial charge in [0, 0.05) is 11.6 Å². The van der Waals surface area contributed by atoms with Crippen LogP contribution in [0.4, 0.5) is 0 Å². The molecule has 5 heteroatoms. The number of benzene rings is 2. The molecule has 0 bridgehead atoms. The van der Waals surface area contributed by atoms with E-state index in [4.69, 9.17) is 39.5 Å². The number of hydrogen-bond acceptors (Lipinski definition) is 2. The van der Waals surface area contributed by atoms with Gasteiger partial charge in [-0.3, -0.25) is 0 Å². The van der Waals surface area contributed by atoms with Gasteiger partial charge in [-0.15, -0.1) is 0 Å². The van der Waals surface area contributed by atoms with E-state index in [0.29, 0.717) is 38.6 Å². The van der Waals surface area contributed by atoms with Gasteiger partial charge in [0.15, 0.2) is 0 Å². The van der Waals surface area contributed by atoms with Crippen LogP contribution in [0.5, 0.6) is 11.5 Å². The van der Waals surface area contributed by atoms with E-state index in [2.05, 4.69) is 0 Å². The van der Waals surface area contributed by atoms with Crippen LogP contribution >= 0.6 is 34.8 Å². The fraction of sp³-hybridized carbons (Fsp3) is 0.200. The molecule has 0 radical (unpaired) electrons. The predicted octanol–water partition coefficient (Wildman–Crippen LogP) is 5.88. The standard InChI is InChI=1S/C15H13Cl3O2/c1-2-13(19)9-5-3-4-6-14(9)20-15-8-11(17)10(16)7-12(15)18/h3-8,13,19H,2H2,1H3/t13-/m1/s1. The first kappa shape index (κ1) is 15.5. The molecule has 0 aliphatic heterocycles. The second kappa shape index (κ2) is 6.68. The van der Waals surface area contributed by atoms with Crippen LogP contribution in [0.25, 0.3) is 0 Å². The molecule has 0 aromatic heterocycles. The Kier molecular flexibility index (Phi) is 5.17. The first-order valence-corrected chi connectivity index (χ1v) is 7.25. The van der Waals surface area contributed by atoms with E-state index < -0.39 is 6.10 Å². The Morgan fingerprint density at radius 1 is 1.00 bits per heavy atom. The minimum Gasteiger partial charge on any atom is -0.455 e. The van der Waals surface area contributed by atoms with E-state index >= 15 is 0 Å². The predicted molar refractivity (Wildman–Crippen MR) is 83.2 cm³/mol. The van der Waals surface area contributed by atoms with Crippen LogP contribution in [0.3, 0.4) is 0 Å². The molecule has 2 aromatic rings. The van der Waals surface area contributed by atoms with Crippen molar-refractivity contribution in [2.24, 2.45) is 0 Å². The Bertz CT molecular complexity index is 614. The molecule has 0 saturated carbocycles. The third-order valence-electron chi connectivity index (χ3n) is 2.86. The minimum absolute atomic E-state index is 0.361. The average molecular weight is 332 g/mol. The molecule has 106 valence electrons. The lowest BCUT2D eigenvalue weighted by molar-refractivity contribution is 0.170. The quantitative estimate of drug-likeness (QED) is 0.709. The topological polar surface area (TPSA) is 29.5 Å². The maximum atomic E-state index is 10.00. The monoisotopic (exact) mass is 330 g/mol. The summed E-state index contributed by atoms with van der Waals surface area (Å²) < 4.78 is 5.76. The molecule has 0 spiro atoms. The molecule has 0 unspecified atom stereocenters. The van der Waals surface area contributed by atoms with Crippen LogP contribution in [-0.4, -0.2) is 5.11 Å². The smallest absolute Gasteiger partial charge is 0.147 e. The average Bonchev–Trinajstić information content (AvgIpc) is 2.44. The van der Waals surface area contributed by atoms with Gasteiger partial charge < -0.3 is 9.84 Å². The number of rotatable bonds is 4. The number of aliphatic hydroxyl groups excluding tert-OH is 1. The molecule has 0 aliphatic rings. The van der Waals surface area contributed by atoms with E-state index in [1.54, 1.807) is 12.1 Å². The molecule has 0 aliphatic carbocycles.